The molecule has 2 aromatic rings. The lowest BCUT2D eigenvalue weighted by Gasteiger charge is -2.10. The molecule has 3 nitrogen and oxygen atoms in total. The highest BCUT2D eigenvalue weighted by molar-refractivity contribution is 5.89. The molecule has 0 saturated carbocycles. The van der Waals surface area contributed by atoms with Crippen LogP contribution in [0.15, 0.2) is 48.5 Å². The van der Waals surface area contributed by atoms with Crippen LogP contribution in [0.4, 0.5) is 0 Å². The molecule has 1 atom stereocenters. The van der Waals surface area contributed by atoms with E-state index >= 15 is 0 Å². The second-order valence-corrected chi connectivity index (χ2v) is 5.31. The summed E-state index contributed by atoms with van der Waals surface area (Å²) in [4.78, 5) is 11.0. The highest BCUT2D eigenvalue weighted by Gasteiger charge is 2.05. The SMILES string of the molecule is CNC(C)CCc1ccc(-c2cccc(C(=O)O)c2)cc1. The van der Waals surface area contributed by atoms with Crippen molar-refractivity contribution in [2.45, 2.75) is 25.8 Å². The summed E-state index contributed by atoms with van der Waals surface area (Å²) in [6.07, 6.45) is 2.14. The van der Waals surface area contributed by atoms with Crippen LogP contribution >= 0.6 is 0 Å². The van der Waals surface area contributed by atoms with Crippen LogP contribution in [0.1, 0.15) is 29.3 Å². The average molecular weight is 283 g/mol. The van der Waals surface area contributed by atoms with Gasteiger partial charge in [-0.1, -0.05) is 36.4 Å². The molecule has 1 unspecified atom stereocenters. The van der Waals surface area contributed by atoms with E-state index in [0.29, 0.717) is 11.6 Å². The molecule has 2 N–H and O–H groups in total. The average Bonchev–Trinajstić information content (AvgIpc) is 2.53. The van der Waals surface area contributed by atoms with E-state index < -0.39 is 5.97 Å². The number of carboxylic acid groups (broad SMARTS) is 1. The summed E-state index contributed by atoms with van der Waals surface area (Å²) < 4.78 is 0. The molecule has 0 aromatic heterocycles. The number of hydrogen-bond donors (Lipinski definition) is 2. The quantitative estimate of drug-likeness (QED) is 0.851. The minimum absolute atomic E-state index is 0.319. The van der Waals surface area contributed by atoms with E-state index in [1.807, 2.05) is 13.1 Å². The minimum Gasteiger partial charge on any atom is -0.478 e. The van der Waals surface area contributed by atoms with Gasteiger partial charge in [-0.3, -0.25) is 0 Å². The molecule has 21 heavy (non-hydrogen) atoms. The molecule has 0 aliphatic carbocycles. The van der Waals surface area contributed by atoms with Crippen LogP contribution in [0.2, 0.25) is 0 Å². The van der Waals surface area contributed by atoms with Gasteiger partial charge in [-0.05, 0) is 55.6 Å². The van der Waals surface area contributed by atoms with Gasteiger partial charge in [0.05, 0.1) is 5.56 Å². The first-order valence-corrected chi connectivity index (χ1v) is 7.20. The van der Waals surface area contributed by atoms with Crippen LogP contribution in [0.25, 0.3) is 11.1 Å². The first-order chi connectivity index (χ1) is 10.1. The second-order valence-electron chi connectivity index (χ2n) is 5.31. The van der Waals surface area contributed by atoms with E-state index in [1.165, 1.54) is 5.56 Å². The number of carboxylic acids is 1. The molecule has 2 rings (SSSR count). The largest absolute Gasteiger partial charge is 0.478 e. The summed E-state index contributed by atoms with van der Waals surface area (Å²) in [5.41, 5.74) is 3.60. The first kappa shape index (κ1) is 15.3. The maximum atomic E-state index is 11.0. The number of carbonyl (C=O) groups is 1. The molecule has 0 bridgehead atoms. The van der Waals surface area contributed by atoms with Gasteiger partial charge in [-0.15, -0.1) is 0 Å². The molecule has 0 heterocycles. The lowest BCUT2D eigenvalue weighted by Crippen LogP contribution is -2.21. The number of benzene rings is 2. The van der Waals surface area contributed by atoms with E-state index in [2.05, 4.69) is 36.5 Å². The molecule has 2 aromatic carbocycles. The monoisotopic (exact) mass is 283 g/mol. The molecule has 0 amide bonds. The Kier molecular flexibility index (Phi) is 5.12. The Balaban J connectivity index is 2.11. The van der Waals surface area contributed by atoms with Gasteiger partial charge in [0.1, 0.15) is 0 Å². The Hall–Kier alpha value is -2.13. The van der Waals surface area contributed by atoms with Gasteiger partial charge in [-0.2, -0.15) is 0 Å². The van der Waals surface area contributed by atoms with Crippen LogP contribution in [-0.4, -0.2) is 24.2 Å². The molecule has 0 spiro atoms. The Morgan fingerprint density at radius 2 is 1.86 bits per heavy atom. The number of rotatable bonds is 6. The molecule has 0 fully saturated rings. The third kappa shape index (κ3) is 4.17. The number of aryl methyl sites for hydroxylation is 1. The fraction of sp³-hybridized carbons (Fsp3) is 0.278. The van der Waals surface area contributed by atoms with Crippen LogP contribution in [-0.2, 0) is 6.42 Å². The van der Waals surface area contributed by atoms with Gasteiger partial charge in [-0.25, -0.2) is 4.79 Å². The topological polar surface area (TPSA) is 49.3 Å². The van der Waals surface area contributed by atoms with Gasteiger partial charge in [0.25, 0.3) is 0 Å². The second kappa shape index (κ2) is 7.04. The zero-order valence-electron chi connectivity index (χ0n) is 12.5. The molecule has 0 aliphatic heterocycles. The first-order valence-electron chi connectivity index (χ1n) is 7.20. The normalized spacial score (nSPS) is 12.1. The molecular weight excluding hydrogens is 262 g/mol. The fourth-order valence-corrected chi connectivity index (χ4v) is 2.22. The van der Waals surface area contributed by atoms with E-state index in [9.17, 15) is 4.79 Å². The van der Waals surface area contributed by atoms with Crippen LogP contribution in [0.5, 0.6) is 0 Å². The van der Waals surface area contributed by atoms with Gasteiger partial charge in [0.2, 0.25) is 0 Å². The summed E-state index contributed by atoms with van der Waals surface area (Å²) in [7, 11) is 1.98. The van der Waals surface area contributed by atoms with Crippen molar-refractivity contribution in [1.82, 2.24) is 5.32 Å². The summed E-state index contributed by atoms with van der Waals surface area (Å²) >= 11 is 0. The highest BCUT2D eigenvalue weighted by atomic mass is 16.4. The molecule has 3 heteroatoms. The van der Waals surface area contributed by atoms with E-state index in [0.717, 1.165) is 24.0 Å². The van der Waals surface area contributed by atoms with Crippen molar-refractivity contribution in [3.05, 3.63) is 59.7 Å². The van der Waals surface area contributed by atoms with Gasteiger partial charge in [0, 0.05) is 6.04 Å². The third-order valence-corrected chi connectivity index (χ3v) is 3.76. The summed E-state index contributed by atoms with van der Waals surface area (Å²) in [6.45, 7) is 2.17. The van der Waals surface area contributed by atoms with E-state index in [4.69, 9.17) is 5.11 Å². The van der Waals surface area contributed by atoms with Crippen molar-refractivity contribution in [2.24, 2.45) is 0 Å². The third-order valence-electron chi connectivity index (χ3n) is 3.76. The predicted molar refractivity (Wildman–Crippen MR) is 85.7 cm³/mol. The predicted octanol–water partition coefficient (Wildman–Crippen LogP) is 3.59. The highest BCUT2D eigenvalue weighted by Crippen LogP contribution is 2.21. The van der Waals surface area contributed by atoms with E-state index in [-0.39, 0.29) is 0 Å². The van der Waals surface area contributed by atoms with Crippen LogP contribution in [0, 0.1) is 0 Å². The minimum atomic E-state index is -0.894. The lowest BCUT2D eigenvalue weighted by molar-refractivity contribution is 0.0697. The van der Waals surface area contributed by atoms with Crippen LogP contribution in [0.3, 0.4) is 0 Å². The zero-order chi connectivity index (χ0) is 15.2. The smallest absolute Gasteiger partial charge is 0.335 e. The van der Waals surface area contributed by atoms with Crippen LogP contribution < -0.4 is 5.32 Å². The maximum absolute atomic E-state index is 11.0. The lowest BCUT2D eigenvalue weighted by atomic mass is 9.99. The van der Waals surface area contributed by atoms with Crippen molar-refractivity contribution >= 4 is 5.97 Å². The fourth-order valence-electron chi connectivity index (χ4n) is 2.22. The Bertz CT molecular complexity index is 605. The van der Waals surface area contributed by atoms with Crippen molar-refractivity contribution in [2.75, 3.05) is 7.05 Å². The molecular formula is C18H21NO2. The molecule has 0 aliphatic rings. The van der Waals surface area contributed by atoms with Crippen molar-refractivity contribution in [3.63, 3.8) is 0 Å². The number of nitrogens with one attached hydrogen (secondary N) is 1. The van der Waals surface area contributed by atoms with Gasteiger partial charge < -0.3 is 10.4 Å². The Morgan fingerprint density at radius 3 is 2.48 bits per heavy atom. The Labute approximate surface area is 125 Å². The zero-order valence-corrected chi connectivity index (χ0v) is 12.5. The van der Waals surface area contributed by atoms with Crippen molar-refractivity contribution < 1.29 is 9.90 Å². The standard InChI is InChI=1S/C18H21NO2/c1-13(19-2)6-7-14-8-10-15(11-9-14)16-4-3-5-17(12-16)18(20)21/h3-5,8-13,19H,6-7H2,1-2H3,(H,20,21). The molecule has 110 valence electrons. The summed E-state index contributed by atoms with van der Waals surface area (Å²) in [5.74, 6) is -0.894. The summed E-state index contributed by atoms with van der Waals surface area (Å²) in [6, 6.07) is 15.9. The maximum Gasteiger partial charge on any atom is 0.335 e. The van der Waals surface area contributed by atoms with Crippen molar-refractivity contribution in [3.8, 4) is 11.1 Å². The Morgan fingerprint density at radius 1 is 1.14 bits per heavy atom. The molecule has 0 radical (unpaired) electrons. The van der Waals surface area contributed by atoms with Crippen molar-refractivity contribution in [1.29, 1.82) is 0 Å². The molecule has 0 saturated heterocycles. The number of aromatic carboxylic acids is 1. The van der Waals surface area contributed by atoms with Gasteiger partial charge in [0.15, 0.2) is 0 Å². The number of hydrogen-bond acceptors (Lipinski definition) is 2. The van der Waals surface area contributed by atoms with Gasteiger partial charge >= 0.3 is 5.97 Å². The summed E-state index contributed by atoms with van der Waals surface area (Å²) in [5, 5.41) is 12.3. The van der Waals surface area contributed by atoms with E-state index in [1.54, 1.807) is 18.2 Å².